The summed E-state index contributed by atoms with van der Waals surface area (Å²) in [6.45, 7) is 8.27. The number of aromatic nitrogens is 1. The molecule has 0 bridgehead atoms. The molecule has 3 heterocycles. The smallest absolute Gasteiger partial charge is 0.410 e. The van der Waals surface area contributed by atoms with Gasteiger partial charge >= 0.3 is 6.09 Å². The van der Waals surface area contributed by atoms with Crippen LogP contribution in [0.3, 0.4) is 0 Å². The first kappa shape index (κ1) is 23.1. The van der Waals surface area contributed by atoms with Crippen LogP contribution in [0.15, 0.2) is 48.5 Å². The number of halogens is 1. The van der Waals surface area contributed by atoms with Crippen LogP contribution in [0, 0.1) is 5.82 Å². The molecule has 0 saturated carbocycles. The number of piperazine rings is 1. The second-order valence-electron chi connectivity index (χ2n) is 9.46. The number of piperidine rings is 1. The molecule has 2 saturated heterocycles. The van der Waals surface area contributed by atoms with Gasteiger partial charge in [-0.2, -0.15) is 0 Å². The molecule has 0 unspecified atom stereocenters. The minimum Gasteiger partial charge on any atom is -0.446 e. The van der Waals surface area contributed by atoms with E-state index in [1.54, 1.807) is 17.4 Å². The Morgan fingerprint density at radius 2 is 1.79 bits per heavy atom. The number of benzene rings is 2. The summed E-state index contributed by atoms with van der Waals surface area (Å²) in [6, 6.07) is 15.2. The summed E-state index contributed by atoms with van der Waals surface area (Å²) < 4.78 is 20.5. The van der Waals surface area contributed by atoms with Crippen molar-refractivity contribution < 1.29 is 13.9 Å². The number of likely N-dealkylation sites (tertiary alicyclic amines) is 1. The van der Waals surface area contributed by atoms with Crippen LogP contribution in [0.4, 0.5) is 14.3 Å². The summed E-state index contributed by atoms with van der Waals surface area (Å²) in [4.78, 5) is 24.2. The number of ether oxygens (including phenoxy) is 1. The van der Waals surface area contributed by atoms with Crippen molar-refractivity contribution >= 4 is 32.8 Å². The first-order chi connectivity index (χ1) is 16.5. The number of nitrogens with zero attached hydrogens (tertiary/aromatic N) is 4. The summed E-state index contributed by atoms with van der Waals surface area (Å²) in [6.07, 6.45) is 1.48. The number of hydrogen-bond acceptors (Lipinski definition) is 6. The highest BCUT2D eigenvalue weighted by molar-refractivity contribution is 7.22. The number of carbonyl (C=O) groups excluding carboxylic acids is 1. The SMILES string of the molecule is C[C@@H]1CN(c2nc3cc(F)ccc3s2)C[C@H](C)N1C(=O)OC1CCN(Cc2ccccc2)CC1. The summed E-state index contributed by atoms with van der Waals surface area (Å²) in [5, 5.41) is 0.873. The van der Waals surface area contributed by atoms with Gasteiger partial charge in [0.2, 0.25) is 0 Å². The van der Waals surface area contributed by atoms with E-state index in [1.165, 1.54) is 17.7 Å². The molecule has 2 aromatic carbocycles. The van der Waals surface area contributed by atoms with Crippen molar-refractivity contribution in [1.29, 1.82) is 0 Å². The Balaban J connectivity index is 1.15. The second-order valence-corrected chi connectivity index (χ2v) is 10.5. The maximum atomic E-state index is 13.6. The van der Waals surface area contributed by atoms with E-state index in [0.29, 0.717) is 18.6 Å². The Hall–Kier alpha value is -2.71. The van der Waals surface area contributed by atoms with Gasteiger partial charge in [0.1, 0.15) is 11.9 Å². The van der Waals surface area contributed by atoms with Crippen LogP contribution in [0.1, 0.15) is 32.3 Å². The normalized spacial score (nSPS) is 22.3. The number of amides is 1. The quantitative estimate of drug-likeness (QED) is 0.516. The van der Waals surface area contributed by atoms with Gasteiger partial charge in [-0.25, -0.2) is 14.2 Å². The van der Waals surface area contributed by atoms with Crippen LogP contribution in [-0.4, -0.2) is 65.2 Å². The predicted octanol–water partition coefficient (Wildman–Crippen LogP) is 5.14. The molecule has 3 aromatic rings. The Labute approximate surface area is 203 Å². The van der Waals surface area contributed by atoms with Crippen LogP contribution < -0.4 is 4.90 Å². The van der Waals surface area contributed by atoms with Crippen LogP contribution in [0.2, 0.25) is 0 Å². The lowest BCUT2D eigenvalue weighted by atomic mass is 10.1. The van der Waals surface area contributed by atoms with Gasteiger partial charge in [-0.15, -0.1) is 0 Å². The molecule has 0 aliphatic carbocycles. The van der Waals surface area contributed by atoms with Crippen molar-refractivity contribution in [2.24, 2.45) is 0 Å². The molecule has 1 amide bonds. The highest BCUT2D eigenvalue weighted by Gasteiger charge is 2.36. The predicted molar refractivity (Wildman–Crippen MR) is 134 cm³/mol. The molecule has 1 aromatic heterocycles. The van der Waals surface area contributed by atoms with Gasteiger partial charge in [0, 0.05) is 38.8 Å². The van der Waals surface area contributed by atoms with Crippen LogP contribution >= 0.6 is 11.3 Å². The summed E-state index contributed by atoms with van der Waals surface area (Å²) in [5.41, 5.74) is 2.00. The highest BCUT2D eigenvalue weighted by Crippen LogP contribution is 2.32. The standard InChI is InChI=1S/C26H31FN4O2S/c1-18-15-30(25-28-23-14-21(27)8-9-24(23)34-25)16-19(2)31(18)26(32)33-22-10-12-29(13-11-22)17-20-6-4-3-5-7-20/h3-9,14,18-19,22H,10-13,15-17H2,1-2H3/t18-,19+. The van der Waals surface area contributed by atoms with Crippen LogP contribution in [0.5, 0.6) is 0 Å². The third-order valence-corrected chi connectivity index (χ3v) is 7.89. The zero-order valence-corrected chi connectivity index (χ0v) is 20.5. The molecule has 2 aliphatic rings. The fourth-order valence-electron chi connectivity index (χ4n) is 5.09. The van der Waals surface area contributed by atoms with Crippen molar-refractivity contribution in [3.8, 4) is 0 Å². The summed E-state index contributed by atoms with van der Waals surface area (Å²) >= 11 is 1.56. The van der Waals surface area contributed by atoms with Gasteiger partial charge in [-0.3, -0.25) is 9.80 Å². The van der Waals surface area contributed by atoms with Gasteiger partial charge < -0.3 is 9.64 Å². The minimum atomic E-state index is -0.274. The van der Waals surface area contributed by atoms with Gasteiger partial charge in [-0.05, 0) is 44.4 Å². The first-order valence-electron chi connectivity index (χ1n) is 12.0. The molecule has 34 heavy (non-hydrogen) atoms. The Morgan fingerprint density at radius 3 is 2.50 bits per heavy atom. The number of thiazole rings is 1. The average Bonchev–Trinajstić information content (AvgIpc) is 3.24. The molecule has 180 valence electrons. The van der Waals surface area contributed by atoms with Crippen molar-refractivity contribution in [3.63, 3.8) is 0 Å². The number of anilines is 1. The van der Waals surface area contributed by atoms with Crippen molar-refractivity contribution in [3.05, 3.63) is 59.9 Å². The topological polar surface area (TPSA) is 48.9 Å². The number of hydrogen-bond donors (Lipinski definition) is 0. The van der Waals surface area contributed by atoms with Crippen molar-refractivity contribution in [2.45, 2.75) is 51.4 Å². The Morgan fingerprint density at radius 1 is 1.09 bits per heavy atom. The zero-order chi connectivity index (χ0) is 23.7. The van der Waals surface area contributed by atoms with E-state index in [4.69, 9.17) is 4.74 Å². The van der Waals surface area contributed by atoms with Crippen molar-refractivity contribution in [1.82, 2.24) is 14.8 Å². The third-order valence-electron chi connectivity index (χ3n) is 6.79. The van der Waals surface area contributed by atoms with Gasteiger partial charge in [0.25, 0.3) is 0 Å². The van der Waals surface area contributed by atoms with E-state index in [2.05, 4.69) is 52.9 Å². The average molecular weight is 483 g/mol. The molecular weight excluding hydrogens is 451 g/mol. The van der Waals surface area contributed by atoms with E-state index in [1.807, 2.05) is 11.0 Å². The van der Waals surface area contributed by atoms with E-state index < -0.39 is 0 Å². The molecule has 6 nitrogen and oxygen atoms in total. The molecular formula is C26H31FN4O2S. The molecule has 2 atom stereocenters. The lowest BCUT2D eigenvalue weighted by Crippen LogP contribution is -2.59. The monoisotopic (exact) mass is 482 g/mol. The lowest BCUT2D eigenvalue weighted by Gasteiger charge is -2.44. The zero-order valence-electron chi connectivity index (χ0n) is 19.7. The molecule has 2 fully saturated rings. The highest BCUT2D eigenvalue weighted by atomic mass is 32.1. The van der Waals surface area contributed by atoms with E-state index in [9.17, 15) is 9.18 Å². The van der Waals surface area contributed by atoms with Gasteiger partial charge in [0.05, 0.1) is 22.3 Å². The first-order valence-corrected chi connectivity index (χ1v) is 12.8. The molecule has 0 radical (unpaired) electrons. The number of carbonyl (C=O) groups is 1. The Bertz CT molecular complexity index is 1120. The Kier molecular flexibility index (Phi) is 6.70. The van der Waals surface area contributed by atoms with Crippen LogP contribution in [0.25, 0.3) is 10.2 Å². The molecule has 0 spiro atoms. The molecule has 2 aliphatic heterocycles. The van der Waals surface area contributed by atoms with E-state index in [0.717, 1.165) is 42.3 Å². The fourth-order valence-corrected chi connectivity index (χ4v) is 6.06. The second kappa shape index (κ2) is 9.88. The van der Waals surface area contributed by atoms with E-state index in [-0.39, 0.29) is 30.1 Å². The molecule has 8 heteroatoms. The summed E-state index contributed by atoms with van der Waals surface area (Å²) in [7, 11) is 0. The van der Waals surface area contributed by atoms with Gasteiger partial charge in [-0.1, -0.05) is 41.7 Å². The van der Waals surface area contributed by atoms with Gasteiger partial charge in [0.15, 0.2) is 5.13 Å². The number of rotatable bonds is 4. The maximum absolute atomic E-state index is 13.6. The van der Waals surface area contributed by atoms with Crippen LogP contribution in [-0.2, 0) is 11.3 Å². The maximum Gasteiger partial charge on any atom is 0.410 e. The van der Waals surface area contributed by atoms with E-state index >= 15 is 0 Å². The molecule has 0 N–H and O–H groups in total. The lowest BCUT2D eigenvalue weighted by molar-refractivity contribution is 0.0101. The summed E-state index contributed by atoms with van der Waals surface area (Å²) in [5.74, 6) is -0.274. The van der Waals surface area contributed by atoms with Crippen molar-refractivity contribution in [2.75, 3.05) is 31.1 Å². The third kappa shape index (κ3) is 5.03. The minimum absolute atomic E-state index is 0.00170. The molecule has 5 rings (SSSR count). The fraction of sp³-hybridized carbons (Fsp3) is 0.462. The largest absolute Gasteiger partial charge is 0.446 e. The number of fused-ring (bicyclic) bond motifs is 1.